The summed E-state index contributed by atoms with van der Waals surface area (Å²) in [7, 11) is 0. The summed E-state index contributed by atoms with van der Waals surface area (Å²) in [5.41, 5.74) is 2.20. The number of benzene rings is 1. The van der Waals surface area contributed by atoms with E-state index in [9.17, 15) is 9.59 Å². The van der Waals surface area contributed by atoms with E-state index < -0.39 is 0 Å². The summed E-state index contributed by atoms with van der Waals surface area (Å²) >= 11 is 0. The number of carbonyl (C=O) groups excluding carboxylic acids is 2. The van der Waals surface area contributed by atoms with Crippen LogP contribution in [0, 0.1) is 11.3 Å². The summed E-state index contributed by atoms with van der Waals surface area (Å²) in [4.78, 5) is 23.9. The molecule has 1 aromatic rings. The fourth-order valence-electron chi connectivity index (χ4n) is 4.04. The fraction of sp³-hybridized carbons (Fsp3) is 0.579. The lowest BCUT2D eigenvalue weighted by molar-refractivity contribution is -0.137. The van der Waals surface area contributed by atoms with Gasteiger partial charge in [0.05, 0.1) is 13.0 Å². The molecule has 0 amide bonds. The molecule has 4 rings (SSSR count). The van der Waals surface area contributed by atoms with Crippen LogP contribution in [0.1, 0.15) is 49.7 Å². The summed E-state index contributed by atoms with van der Waals surface area (Å²) in [5.74, 6) is 1.92. The molecule has 22 heavy (non-hydrogen) atoms. The summed E-state index contributed by atoms with van der Waals surface area (Å²) in [6.07, 6.45) is 6.92. The average Bonchev–Trinajstić information content (AvgIpc) is 2.81. The van der Waals surface area contributed by atoms with E-state index in [0.29, 0.717) is 6.42 Å². The third kappa shape index (κ3) is 2.37. The van der Waals surface area contributed by atoms with E-state index in [1.807, 2.05) is 6.07 Å². The Balaban J connectivity index is 1.48. The molecule has 3 aliphatic carbocycles. The number of carbonyl (C=O) groups is 2. The van der Waals surface area contributed by atoms with Gasteiger partial charge in [-0.2, -0.15) is 0 Å². The van der Waals surface area contributed by atoms with Gasteiger partial charge in [-0.1, -0.05) is 12.5 Å². The first-order chi connectivity index (χ1) is 10.6. The first-order valence-corrected chi connectivity index (χ1v) is 8.44. The van der Waals surface area contributed by atoms with Gasteiger partial charge in [-0.3, -0.25) is 9.59 Å². The zero-order chi connectivity index (χ0) is 15.2. The molecule has 1 spiro atoms. The maximum atomic E-state index is 12.4. The van der Waals surface area contributed by atoms with Crippen LogP contribution in [0.5, 0.6) is 5.75 Å². The monoisotopic (exact) mass is 298 g/mol. The maximum absolute atomic E-state index is 12.4. The van der Waals surface area contributed by atoms with E-state index in [2.05, 4.69) is 12.1 Å². The second-order valence-electron chi connectivity index (χ2n) is 7.31. The van der Waals surface area contributed by atoms with Crippen LogP contribution >= 0.6 is 0 Å². The third-order valence-electron chi connectivity index (χ3n) is 5.78. The number of ether oxygens (including phenoxy) is 1. The largest absolute Gasteiger partial charge is 0.493 e. The van der Waals surface area contributed by atoms with Crippen molar-refractivity contribution in [2.75, 3.05) is 6.61 Å². The number of ketones is 2. The van der Waals surface area contributed by atoms with Crippen molar-refractivity contribution in [3.63, 3.8) is 0 Å². The summed E-state index contributed by atoms with van der Waals surface area (Å²) in [5, 5.41) is 0. The zero-order valence-corrected chi connectivity index (χ0v) is 12.9. The second-order valence-corrected chi connectivity index (χ2v) is 7.31. The minimum Gasteiger partial charge on any atom is -0.493 e. The molecule has 1 aromatic carbocycles. The predicted octanol–water partition coefficient (Wildman–Crippen LogP) is 3.27. The van der Waals surface area contributed by atoms with Crippen molar-refractivity contribution in [3.8, 4) is 5.75 Å². The van der Waals surface area contributed by atoms with Gasteiger partial charge >= 0.3 is 0 Å². The Kier molecular flexibility index (Phi) is 3.32. The lowest BCUT2D eigenvalue weighted by Gasteiger charge is -2.30. The highest BCUT2D eigenvalue weighted by molar-refractivity contribution is 6.04. The van der Waals surface area contributed by atoms with Crippen LogP contribution in [0.25, 0.3) is 0 Å². The maximum Gasteiger partial charge on any atom is 0.147 e. The molecule has 3 heteroatoms. The molecular weight excluding hydrogens is 276 g/mol. The van der Waals surface area contributed by atoms with Crippen molar-refractivity contribution in [2.24, 2.45) is 11.3 Å². The smallest absolute Gasteiger partial charge is 0.147 e. The summed E-state index contributed by atoms with van der Waals surface area (Å²) in [6, 6.07) is 6.27. The molecule has 3 aliphatic rings. The number of rotatable bonds is 3. The molecule has 0 saturated heterocycles. The quantitative estimate of drug-likeness (QED) is 0.804. The Hall–Kier alpha value is -1.64. The highest BCUT2D eigenvalue weighted by Gasteiger charge is 2.46. The number of Topliss-reactive ketones (excluding diaryl/α,β-unsaturated/α-hetero) is 2. The van der Waals surface area contributed by atoms with Gasteiger partial charge in [0.1, 0.15) is 17.3 Å². The predicted molar refractivity (Wildman–Crippen MR) is 83.0 cm³/mol. The van der Waals surface area contributed by atoms with Crippen molar-refractivity contribution in [2.45, 2.75) is 51.4 Å². The summed E-state index contributed by atoms with van der Waals surface area (Å²) in [6.45, 7) is 0.817. The molecule has 2 saturated carbocycles. The number of fused-ring (bicyclic) bond motifs is 1. The third-order valence-corrected chi connectivity index (χ3v) is 5.78. The van der Waals surface area contributed by atoms with E-state index >= 15 is 0 Å². The van der Waals surface area contributed by atoms with Crippen LogP contribution in [0.3, 0.4) is 0 Å². The Labute approximate surface area is 131 Å². The van der Waals surface area contributed by atoms with Crippen LogP contribution in [-0.4, -0.2) is 18.2 Å². The van der Waals surface area contributed by atoms with Crippen molar-refractivity contribution >= 4 is 11.6 Å². The highest BCUT2D eigenvalue weighted by Crippen LogP contribution is 2.45. The molecule has 0 N–H and O–H groups in total. The molecule has 0 bridgehead atoms. The van der Waals surface area contributed by atoms with Crippen LogP contribution in [0.15, 0.2) is 18.2 Å². The van der Waals surface area contributed by atoms with Gasteiger partial charge < -0.3 is 4.74 Å². The second kappa shape index (κ2) is 5.22. The van der Waals surface area contributed by atoms with Gasteiger partial charge in [0.15, 0.2) is 0 Å². The van der Waals surface area contributed by atoms with Gasteiger partial charge in [-0.05, 0) is 61.3 Å². The normalized spacial score (nSPS) is 27.8. The molecule has 3 nitrogen and oxygen atoms in total. The molecule has 1 atom stereocenters. The average molecular weight is 298 g/mol. The number of hydrogen-bond donors (Lipinski definition) is 0. The molecular formula is C19H22O3. The van der Waals surface area contributed by atoms with Crippen LogP contribution in [0.2, 0.25) is 0 Å². The van der Waals surface area contributed by atoms with Gasteiger partial charge in [0, 0.05) is 11.8 Å². The topological polar surface area (TPSA) is 43.4 Å². The first-order valence-electron chi connectivity index (χ1n) is 8.44. The van der Waals surface area contributed by atoms with E-state index in [-0.39, 0.29) is 23.4 Å². The van der Waals surface area contributed by atoms with E-state index in [0.717, 1.165) is 37.5 Å². The zero-order valence-electron chi connectivity index (χ0n) is 12.9. The van der Waals surface area contributed by atoms with Crippen molar-refractivity contribution in [1.29, 1.82) is 0 Å². The van der Waals surface area contributed by atoms with Crippen molar-refractivity contribution in [3.05, 3.63) is 29.3 Å². The van der Waals surface area contributed by atoms with Crippen molar-refractivity contribution in [1.82, 2.24) is 0 Å². The van der Waals surface area contributed by atoms with Gasteiger partial charge in [-0.15, -0.1) is 0 Å². The first kappa shape index (κ1) is 14.0. The lowest BCUT2D eigenvalue weighted by atomic mass is 9.70. The van der Waals surface area contributed by atoms with Crippen LogP contribution in [0.4, 0.5) is 0 Å². The Morgan fingerprint density at radius 3 is 2.68 bits per heavy atom. The van der Waals surface area contributed by atoms with E-state index in [4.69, 9.17) is 4.74 Å². The Bertz CT molecular complexity index is 630. The van der Waals surface area contributed by atoms with E-state index in [1.54, 1.807) is 0 Å². The molecule has 0 aromatic heterocycles. The highest BCUT2D eigenvalue weighted by atomic mass is 16.5. The van der Waals surface area contributed by atoms with Crippen LogP contribution < -0.4 is 4.74 Å². The van der Waals surface area contributed by atoms with Gasteiger partial charge in [0.25, 0.3) is 0 Å². The summed E-state index contributed by atoms with van der Waals surface area (Å²) < 4.78 is 5.92. The molecule has 1 unspecified atom stereocenters. The fourth-order valence-corrected chi connectivity index (χ4v) is 4.04. The number of hydrogen-bond acceptors (Lipinski definition) is 3. The molecule has 0 aliphatic heterocycles. The van der Waals surface area contributed by atoms with Gasteiger partial charge in [-0.25, -0.2) is 0 Å². The minimum absolute atomic E-state index is 0.108. The van der Waals surface area contributed by atoms with Gasteiger partial charge in [0.2, 0.25) is 0 Å². The Morgan fingerprint density at radius 1 is 1.14 bits per heavy atom. The molecule has 116 valence electrons. The SMILES string of the molecule is O=C1CCC2(Cc3ccc(OCC4CCC4)cc3C2)C(=O)C1. The van der Waals surface area contributed by atoms with Crippen LogP contribution in [-0.2, 0) is 22.4 Å². The van der Waals surface area contributed by atoms with Crippen molar-refractivity contribution < 1.29 is 14.3 Å². The lowest BCUT2D eigenvalue weighted by Crippen LogP contribution is -2.38. The van der Waals surface area contributed by atoms with E-state index in [1.165, 1.54) is 30.4 Å². The minimum atomic E-state index is -0.303. The molecule has 0 radical (unpaired) electrons. The Morgan fingerprint density at radius 2 is 1.95 bits per heavy atom. The molecule has 0 heterocycles. The molecule has 2 fully saturated rings. The standard InChI is InChI=1S/C19H22O3/c20-16-6-7-19(18(21)9-16)10-14-4-5-17(8-15(14)11-19)22-12-13-2-1-3-13/h4-5,8,13H,1-3,6-7,9-12H2.